The predicted molar refractivity (Wildman–Crippen MR) is 101 cm³/mol. The molecule has 0 bridgehead atoms. The van der Waals surface area contributed by atoms with Gasteiger partial charge in [-0.1, -0.05) is 19.3 Å². The van der Waals surface area contributed by atoms with Crippen LogP contribution in [-0.4, -0.2) is 38.7 Å². The van der Waals surface area contributed by atoms with Crippen LogP contribution in [0.2, 0.25) is 0 Å². The lowest BCUT2D eigenvalue weighted by Gasteiger charge is -2.40. The highest BCUT2D eigenvalue weighted by Crippen LogP contribution is 2.23. The van der Waals surface area contributed by atoms with Gasteiger partial charge in [-0.25, -0.2) is 0 Å². The molecule has 25 heavy (non-hydrogen) atoms. The Bertz CT molecular complexity index is 610. The first kappa shape index (κ1) is 19.5. The second-order valence-electron chi connectivity index (χ2n) is 7.40. The number of rotatable bonds is 0. The third kappa shape index (κ3) is 5.33. The number of hydrogen-bond acceptors (Lipinski definition) is 4. The third-order valence-corrected chi connectivity index (χ3v) is 5.25. The van der Waals surface area contributed by atoms with E-state index in [1.165, 1.54) is 61.4 Å². The van der Waals surface area contributed by atoms with Crippen LogP contribution in [0.4, 0.5) is 0 Å². The molecule has 1 aromatic rings. The normalized spacial score (nSPS) is 24.4. The number of pyridine rings is 1. The fraction of sp³-hybridized carbons (Fsp3) is 0.684. The van der Waals surface area contributed by atoms with Crippen LogP contribution in [-0.2, 0) is 0 Å². The van der Waals surface area contributed by atoms with E-state index in [1.54, 1.807) is 0 Å². The van der Waals surface area contributed by atoms with Gasteiger partial charge in [0, 0.05) is 18.1 Å². The first-order valence-electron chi connectivity index (χ1n) is 9.49. The first-order valence-corrected chi connectivity index (χ1v) is 9.49. The van der Waals surface area contributed by atoms with Gasteiger partial charge in [0.05, 0.1) is 6.20 Å². The van der Waals surface area contributed by atoms with E-state index in [4.69, 9.17) is 16.6 Å². The zero-order valence-corrected chi connectivity index (χ0v) is 15.5. The highest BCUT2D eigenvalue weighted by atomic mass is 16.3. The smallest absolute Gasteiger partial charge is 0.204 e. The summed E-state index contributed by atoms with van der Waals surface area (Å²) in [5, 5.41) is 25.6. The number of likely N-dealkylation sites (tertiary alicyclic amines) is 1. The molecule has 6 heteroatoms. The molecule has 1 saturated carbocycles. The van der Waals surface area contributed by atoms with E-state index in [2.05, 4.69) is 13.8 Å². The number of nitrogens with two attached hydrogens (primary N) is 1. The molecule has 1 aliphatic carbocycles. The van der Waals surface area contributed by atoms with E-state index in [0.717, 1.165) is 12.8 Å². The molecule has 5 N–H and O–H groups in total. The lowest BCUT2D eigenvalue weighted by Crippen LogP contribution is -2.51. The summed E-state index contributed by atoms with van der Waals surface area (Å²) in [5.41, 5.74) is 5.85. The van der Waals surface area contributed by atoms with E-state index in [-0.39, 0.29) is 17.2 Å². The van der Waals surface area contributed by atoms with Crippen LogP contribution in [0, 0.1) is 10.8 Å². The van der Waals surface area contributed by atoms with Crippen LogP contribution in [0.3, 0.4) is 0 Å². The molecule has 6 nitrogen and oxygen atoms in total. The van der Waals surface area contributed by atoms with Crippen LogP contribution in [0.5, 0.6) is 5.75 Å². The Balaban J connectivity index is 0.000000269. The Morgan fingerprint density at radius 2 is 1.64 bits per heavy atom. The van der Waals surface area contributed by atoms with Gasteiger partial charge in [-0.05, 0) is 58.1 Å². The lowest BCUT2D eigenvalue weighted by atomic mass is 9.97. The van der Waals surface area contributed by atoms with Gasteiger partial charge in [0.25, 0.3) is 0 Å². The molecule has 3 rings (SSSR count). The van der Waals surface area contributed by atoms with E-state index < -0.39 is 0 Å². The Kier molecular flexibility index (Phi) is 7.05. The minimum Gasteiger partial charge on any atom is -0.506 e. The second kappa shape index (κ2) is 9.04. The third-order valence-electron chi connectivity index (χ3n) is 5.25. The predicted octanol–water partition coefficient (Wildman–Crippen LogP) is 3.00. The Morgan fingerprint density at radius 1 is 1.04 bits per heavy atom. The van der Waals surface area contributed by atoms with Crippen LogP contribution < -0.4 is 11.2 Å². The maximum Gasteiger partial charge on any atom is 0.204 e. The molecular weight excluding hydrogens is 314 g/mol. The molecule has 2 fully saturated rings. The average molecular weight is 348 g/mol. The first-order chi connectivity index (χ1) is 11.9. The lowest BCUT2D eigenvalue weighted by molar-refractivity contribution is 0.184. The Hall–Kier alpha value is -1.82. The fourth-order valence-corrected chi connectivity index (χ4v) is 3.76. The summed E-state index contributed by atoms with van der Waals surface area (Å²) in [7, 11) is 0. The summed E-state index contributed by atoms with van der Waals surface area (Å²) >= 11 is 0. The van der Waals surface area contributed by atoms with Crippen molar-refractivity contribution >= 4 is 5.96 Å². The van der Waals surface area contributed by atoms with Crippen LogP contribution in [0.25, 0.3) is 0 Å². The largest absolute Gasteiger partial charge is 0.506 e. The molecule has 2 aliphatic rings. The van der Waals surface area contributed by atoms with Crippen molar-refractivity contribution in [3.05, 3.63) is 23.8 Å². The Labute approximate surface area is 150 Å². The molecule has 2 unspecified atom stereocenters. The number of nitrogens with zero attached hydrogens (tertiary/aromatic N) is 2. The van der Waals surface area contributed by atoms with Gasteiger partial charge in [0.15, 0.2) is 0 Å². The molecular formula is C19H33N5O. The molecule has 0 spiro atoms. The van der Waals surface area contributed by atoms with Crippen LogP contribution >= 0.6 is 0 Å². The SMILES string of the molecule is CC1CCCC(C)N1C(=N)n1cc(O)ccc1=N.NC1CCCCC1. The summed E-state index contributed by atoms with van der Waals surface area (Å²) in [5.74, 6) is 0.351. The van der Waals surface area contributed by atoms with Gasteiger partial charge >= 0.3 is 0 Å². The summed E-state index contributed by atoms with van der Waals surface area (Å²) in [4.78, 5) is 2.03. The molecule has 140 valence electrons. The zero-order chi connectivity index (χ0) is 18.4. The molecule has 2 atom stereocenters. The summed E-state index contributed by atoms with van der Waals surface area (Å²) in [6.07, 6.45) is 11.4. The number of nitrogens with one attached hydrogen (secondary N) is 2. The number of aromatic nitrogens is 1. The monoisotopic (exact) mass is 347 g/mol. The molecule has 1 saturated heterocycles. The van der Waals surface area contributed by atoms with E-state index in [0.29, 0.717) is 18.1 Å². The number of hydrogen-bond donors (Lipinski definition) is 4. The molecule has 0 aromatic carbocycles. The number of piperidine rings is 1. The van der Waals surface area contributed by atoms with Crippen molar-refractivity contribution < 1.29 is 5.11 Å². The van der Waals surface area contributed by atoms with E-state index in [9.17, 15) is 5.11 Å². The van der Waals surface area contributed by atoms with Crippen LogP contribution in [0.15, 0.2) is 18.3 Å². The topological polar surface area (TPSA) is 102 Å². The van der Waals surface area contributed by atoms with Crippen LogP contribution in [0.1, 0.15) is 65.2 Å². The fourth-order valence-electron chi connectivity index (χ4n) is 3.76. The maximum atomic E-state index is 9.50. The highest BCUT2D eigenvalue weighted by molar-refractivity contribution is 5.80. The average Bonchev–Trinajstić information content (AvgIpc) is 2.58. The van der Waals surface area contributed by atoms with E-state index in [1.807, 2.05) is 4.90 Å². The van der Waals surface area contributed by atoms with E-state index >= 15 is 0 Å². The molecule has 1 aliphatic heterocycles. The summed E-state index contributed by atoms with van der Waals surface area (Å²) < 4.78 is 1.42. The minimum atomic E-state index is 0.0769. The number of aromatic hydroxyl groups is 1. The molecule has 1 aromatic heterocycles. The summed E-state index contributed by atoms with van der Waals surface area (Å²) in [6.45, 7) is 4.22. The van der Waals surface area contributed by atoms with Gasteiger partial charge in [0.2, 0.25) is 5.96 Å². The van der Waals surface area contributed by atoms with Crippen molar-refractivity contribution in [2.75, 3.05) is 0 Å². The zero-order valence-electron chi connectivity index (χ0n) is 15.5. The molecule has 2 heterocycles. The standard InChI is InChI=1S/C13H20N4O.C6H13N/c1-9-4-3-5-10(2)17(9)13(15)16-8-11(18)6-7-12(16)14;7-6-4-2-1-3-5-6/h6-10,14-15,18H,3-5H2,1-2H3;6H,1-5,7H2. The van der Waals surface area contributed by atoms with Gasteiger partial charge in [-0.3, -0.25) is 15.4 Å². The van der Waals surface area contributed by atoms with Gasteiger partial charge in [-0.15, -0.1) is 0 Å². The highest BCUT2D eigenvalue weighted by Gasteiger charge is 2.27. The van der Waals surface area contributed by atoms with Crippen molar-refractivity contribution in [1.29, 1.82) is 10.8 Å². The van der Waals surface area contributed by atoms with Crippen molar-refractivity contribution in [1.82, 2.24) is 9.47 Å². The quantitative estimate of drug-likeness (QED) is 0.428. The second-order valence-corrected chi connectivity index (χ2v) is 7.40. The maximum absolute atomic E-state index is 9.50. The molecule has 0 radical (unpaired) electrons. The summed E-state index contributed by atoms with van der Waals surface area (Å²) in [6, 6.07) is 4.11. The van der Waals surface area contributed by atoms with Crippen molar-refractivity contribution in [2.24, 2.45) is 5.73 Å². The van der Waals surface area contributed by atoms with Crippen molar-refractivity contribution in [2.45, 2.75) is 83.3 Å². The minimum absolute atomic E-state index is 0.0769. The van der Waals surface area contributed by atoms with Crippen molar-refractivity contribution in [3.8, 4) is 5.75 Å². The van der Waals surface area contributed by atoms with Gasteiger partial charge < -0.3 is 15.7 Å². The Morgan fingerprint density at radius 3 is 2.16 bits per heavy atom. The van der Waals surface area contributed by atoms with Gasteiger partial charge in [-0.2, -0.15) is 0 Å². The molecule has 0 amide bonds. The van der Waals surface area contributed by atoms with Crippen molar-refractivity contribution in [3.63, 3.8) is 0 Å². The van der Waals surface area contributed by atoms with Gasteiger partial charge in [0.1, 0.15) is 11.2 Å².